The summed E-state index contributed by atoms with van der Waals surface area (Å²) in [5.41, 5.74) is 1.24. The molecule has 0 aliphatic carbocycles. The summed E-state index contributed by atoms with van der Waals surface area (Å²) in [7, 11) is 3.85. The minimum Gasteiger partial charge on any atom is -0.354 e. The van der Waals surface area contributed by atoms with Crippen molar-refractivity contribution in [2.75, 3.05) is 19.0 Å². The zero-order valence-electron chi connectivity index (χ0n) is 13.4. The third-order valence-corrected chi connectivity index (χ3v) is 4.91. The Balaban J connectivity index is 1.90. The molecule has 2 rings (SSSR count). The van der Waals surface area contributed by atoms with Crippen LogP contribution in [0.25, 0.3) is 0 Å². The molecule has 1 atom stereocenters. The lowest BCUT2D eigenvalue weighted by atomic mass is 10.4. The molecule has 7 nitrogen and oxygen atoms in total. The number of anilines is 1. The number of carbonyl (C=O) groups excluding carboxylic acids is 1. The van der Waals surface area contributed by atoms with Crippen LogP contribution in [0.1, 0.15) is 18.3 Å². The van der Waals surface area contributed by atoms with E-state index < -0.39 is 0 Å². The van der Waals surface area contributed by atoms with Crippen molar-refractivity contribution >= 4 is 34.1 Å². The van der Waals surface area contributed by atoms with Crippen molar-refractivity contribution in [1.82, 2.24) is 20.3 Å². The van der Waals surface area contributed by atoms with E-state index >= 15 is 0 Å². The lowest BCUT2D eigenvalue weighted by Gasteiger charge is -2.11. The van der Waals surface area contributed by atoms with Crippen molar-refractivity contribution in [2.24, 2.45) is 0 Å². The van der Waals surface area contributed by atoms with Gasteiger partial charge in [-0.3, -0.25) is 9.59 Å². The van der Waals surface area contributed by atoms with Crippen molar-refractivity contribution in [3.05, 3.63) is 33.2 Å². The number of carbonyl (C=O) groups is 1. The number of aromatic nitrogens is 3. The highest BCUT2D eigenvalue weighted by Gasteiger charge is 2.16. The van der Waals surface area contributed by atoms with Gasteiger partial charge in [0.15, 0.2) is 10.3 Å². The molecule has 2 heterocycles. The fourth-order valence-corrected chi connectivity index (χ4v) is 3.37. The fourth-order valence-electron chi connectivity index (χ4n) is 1.73. The van der Waals surface area contributed by atoms with Gasteiger partial charge in [0.2, 0.25) is 5.91 Å². The average molecular weight is 353 g/mol. The van der Waals surface area contributed by atoms with E-state index in [4.69, 9.17) is 0 Å². The zero-order valence-corrected chi connectivity index (χ0v) is 15.0. The monoisotopic (exact) mass is 353 g/mol. The van der Waals surface area contributed by atoms with Crippen LogP contribution in [0.5, 0.6) is 0 Å². The van der Waals surface area contributed by atoms with Crippen LogP contribution in [0.3, 0.4) is 0 Å². The van der Waals surface area contributed by atoms with Gasteiger partial charge in [0, 0.05) is 31.2 Å². The van der Waals surface area contributed by atoms with E-state index in [2.05, 4.69) is 20.3 Å². The van der Waals surface area contributed by atoms with E-state index in [0.717, 1.165) is 10.8 Å². The molecule has 2 aromatic heterocycles. The Labute approximate surface area is 142 Å². The summed E-state index contributed by atoms with van der Waals surface area (Å²) in [6, 6.07) is 1.42. The van der Waals surface area contributed by atoms with Crippen LogP contribution in [-0.2, 0) is 11.3 Å². The van der Waals surface area contributed by atoms with Crippen molar-refractivity contribution in [1.29, 1.82) is 0 Å². The first kappa shape index (κ1) is 17.5. The number of aromatic amines is 1. The molecule has 23 heavy (non-hydrogen) atoms. The summed E-state index contributed by atoms with van der Waals surface area (Å²) in [5, 5.41) is 5.75. The van der Waals surface area contributed by atoms with Gasteiger partial charge < -0.3 is 15.2 Å². The van der Waals surface area contributed by atoms with Crippen LogP contribution in [-0.4, -0.2) is 40.2 Å². The number of H-pyrrole nitrogens is 1. The predicted molar refractivity (Wildman–Crippen MR) is 93.2 cm³/mol. The minimum absolute atomic E-state index is 0.126. The highest BCUT2D eigenvalue weighted by Crippen LogP contribution is 2.20. The number of rotatable bonds is 6. The van der Waals surface area contributed by atoms with E-state index in [1.165, 1.54) is 29.2 Å². The van der Waals surface area contributed by atoms with Gasteiger partial charge in [-0.15, -0.1) is 11.3 Å². The van der Waals surface area contributed by atoms with Gasteiger partial charge in [0.25, 0.3) is 5.56 Å². The molecular weight excluding hydrogens is 334 g/mol. The number of nitrogens with one attached hydrogen (secondary N) is 2. The second-order valence-electron chi connectivity index (χ2n) is 5.19. The summed E-state index contributed by atoms with van der Waals surface area (Å²) in [6.07, 6.45) is 0. The first-order valence-corrected chi connectivity index (χ1v) is 8.75. The number of aryl methyl sites for hydroxylation is 1. The number of amides is 1. The zero-order chi connectivity index (χ0) is 17.0. The predicted octanol–water partition coefficient (Wildman–Crippen LogP) is 1.40. The van der Waals surface area contributed by atoms with Crippen LogP contribution in [0.4, 0.5) is 5.13 Å². The molecule has 0 fully saturated rings. The normalized spacial score (nSPS) is 12.0. The largest absolute Gasteiger partial charge is 0.354 e. The number of thiazole rings is 1. The van der Waals surface area contributed by atoms with Crippen molar-refractivity contribution in [3.8, 4) is 0 Å². The molecule has 1 amide bonds. The van der Waals surface area contributed by atoms with Crippen molar-refractivity contribution < 1.29 is 4.79 Å². The smallest absolute Gasteiger partial charge is 0.251 e. The molecule has 0 bridgehead atoms. The summed E-state index contributed by atoms with van der Waals surface area (Å²) in [5.74, 6) is -0.126. The Bertz CT molecular complexity index is 741. The third-order valence-electron chi connectivity index (χ3n) is 2.87. The Morgan fingerprint density at radius 3 is 2.83 bits per heavy atom. The maximum atomic E-state index is 12.1. The molecule has 0 saturated carbocycles. The SMILES string of the molecule is Cc1cc(=O)[nH]c(S[C@H](C)C(=O)NCc2csc(N(C)C)n2)n1. The highest BCUT2D eigenvalue weighted by atomic mass is 32.2. The second kappa shape index (κ2) is 7.60. The summed E-state index contributed by atoms with van der Waals surface area (Å²) in [6.45, 7) is 3.90. The van der Waals surface area contributed by atoms with Crippen LogP contribution in [0, 0.1) is 6.92 Å². The summed E-state index contributed by atoms with van der Waals surface area (Å²) < 4.78 is 0. The highest BCUT2D eigenvalue weighted by molar-refractivity contribution is 8.00. The van der Waals surface area contributed by atoms with Gasteiger partial charge in [-0.2, -0.15) is 0 Å². The van der Waals surface area contributed by atoms with Gasteiger partial charge >= 0.3 is 0 Å². The maximum absolute atomic E-state index is 12.1. The van der Waals surface area contributed by atoms with Crippen molar-refractivity contribution in [2.45, 2.75) is 30.8 Å². The van der Waals surface area contributed by atoms with Gasteiger partial charge in [-0.05, 0) is 13.8 Å². The number of hydrogen-bond acceptors (Lipinski definition) is 7. The first-order chi connectivity index (χ1) is 10.8. The van der Waals surface area contributed by atoms with Gasteiger partial charge in [-0.1, -0.05) is 11.8 Å². The van der Waals surface area contributed by atoms with Gasteiger partial charge in [0.05, 0.1) is 17.5 Å². The molecule has 0 spiro atoms. The number of thioether (sulfide) groups is 1. The summed E-state index contributed by atoms with van der Waals surface area (Å²) >= 11 is 2.75. The quantitative estimate of drug-likeness (QED) is 0.602. The van der Waals surface area contributed by atoms with E-state index in [9.17, 15) is 9.59 Å². The molecule has 0 saturated heterocycles. The Kier molecular flexibility index (Phi) is 5.78. The topological polar surface area (TPSA) is 91.0 Å². The van der Waals surface area contributed by atoms with Crippen LogP contribution in [0.15, 0.2) is 21.4 Å². The third kappa shape index (κ3) is 5.07. The first-order valence-electron chi connectivity index (χ1n) is 6.99. The molecule has 0 aliphatic rings. The number of nitrogens with zero attached hydrogens (tertiary/aromatic N) is 3. The second-order valence-corrected chi connectivity index (χ2v) is 7.35. The van der Waals surface area contributed by atoms with E-state index in [-0.39, 0.29) is 16.7 Å². The fraction of sp³-hybridized carbons (Fsp3) is 0.429. The Morgan fingerprint density at radius 2 is 2.22 bits per heavy atom. The summed E-state index contributed by atoms with van der Waals surface area (Å²) in [4.78, 5) is 36.7. The standard InChI is InChI=1S/C14H19N5O2S2/c1-8-5-11(20)18-13(16-8)23-9(2)12(21)15-6-10-7-22-14(17-10)19(3)4/h5,7,9H,6H2,1-4H3,(H,15,21)(H,16,18,20)/t9-/m1/s1. The van der Waals surface area contributed by atoms with Crippen LogP contribution in [0.2, 0.25) is 0 Å². The Morgan fingerprint density at radius 1 is 1.48 bits per heavy atom. The van der Waals surface area contributed by atoms with Gasteiger partial charge in [-0.25, -0.2) is 9.97 Å². The molecular formula is C14H19N5O2S2. The molecule has 0 aromatic carbocycles. The van der Waals surface area contributed by atoms with Crippen LogP contribution >= 0.6 is 23.1 Å². The molecule has 0 unspecified atom stereocenters. The Hall–Kier alpha value is -1.87. The average Bonchev–Trinajstić information content (AvgIpc) is 2.92. The van der Waals surface area contributed by atoms with Gasteiger partial charge in [0.1, 0.15) is 0 Å². The lowest BCUT2D eigenvalue weighted by Crippen LogP contribution is -2.30. The minimum atomic E-state index is -0.369. The van der Waals surface area contributed by atoms with E-state index in [1.807, 2.05) is 24.4 Å². The molecule has 9 heteroatoms. The molecule has 0 aliphatic heterocycles. The lowest BCUT2D eigenvalue weighted by molar-refractivity contribution is -0.120. The number of hydrogen-bond donors (Lipinski definition) is 2. The van der Waals surface area contributed by atoms with E-state index in [0.29, 0.717) is 17.4 Å². The molecule has 2 N–H and O–H groups in total. The maximum Gasteiger partial charge on any atom is 0.251 e. The molecule has 124 valence electrons. The molecule has 2 aromatic rings. The van der Waals surface area contributed by atoms with Crippen molar-refractivity contribution in [3.63, 3.8) is 0 Å². The molecule has 0 radical (unpaired) electrons. The van der Waals surface area contributed by atoms with Crippen LogP contribution < -0.4 is 15.8 Å². The van der Waals surface area contributed by atoms with E-state index in [1.54, 1.807) is 13.8 Å².